The van der Waals surface area contributed by atoms with E-state index in [0.717, 1.165) is 17.7 Å². The molecule has 1 rings (SSSR count). The maximum absolute atomic E-state index is 11.1. The number of ether oxygens (including phenoxy) is 2. The van der Waals surface area contributed by atoms with Crippen molar-refractivity contribution in [2.75, 3.05) is 20.7 Å². The Hall–Kier alpha value is -1.75. The third kappa shape index (κ3) is 4.63. The Morgan fingerprint density at radius 2 is 2.06 bits per heavy atom. The van der Waals surface area contributed by atoms with Gasteiger partial charge in [-0.05, 0) is 30.5 Å². The van der Waals surface area contributed by atoms with E-state index in [9.17, 15) is 4.79 Å². The Bertz CT molecular complexity index is 365. The molecule has 0 aromatic heterocycles. The molecule has 0 saturated carbocycles. The number of methoxy groups -OCH3 is 1. The second-order valence-corrected chi connectivity index (χ2v) is 3.90. The van der Waals surface area contributed by atoms with Crippen LogP contribution in [0.3, 0.4) is 0 Å². The molecule has 0 bridgehead atoms. The molecule has 0 heterocycles. The van der Waals surface area contributed by atoms with Crippen LogP contribution in [0.1, 0.15) is 12.0 Å². The maximum atomic E-state index is 11.1. The molecule has 0 spiro atoms. The molecule has 1 aromatic rings. The quantitative estimate of drug-likeness (QED) is 0.800. The van der Waals surface area contributed by atoms with Gasteiger partial charge in [-0.15, -0.1) is 0 Å². The van der Waals surface area contributed by atoms with Gasteiger partial charge in [0, 0.05) is 13.6 Å². The minimum Gasteiger partial charge on any atom is -0.497 e. The molecule has 0 aliphatic rings. The van der Waals surface area contributed by atoms with Gasteiger partial charge in [-0.25, -0.2) is 4.79 Å². The Labute approximate surface area is 107 Å². The number of hydrogen-bond donors (Lipinski definition) is 2. The molecule has 5 heteroatoms. The van der Waals surface area contributed by atoms with Crippen LogP contribution in [0.2, 0.25) is 0 Å². The minimum atomic E-state index is -0.444. The molecule has 1 amide bonds. The number of carbonyl (C=O) groups is 1. The fourth-order valence-electron chi connectivity index (χ4n) is 1.56. The molecular weight excluding hydrogens is 232 g/mol. The van der Waals surface area contributed by atoms with Crippen LogP contribution >= 0.6 is 0 Å². The van der Waals surface area contributed by atoms with Gasteiger partial charge in [-0.2, -0.15) is 0 Å². The van der Waals surface area contributed by atoms with Crippen molar-refractivity contribution in [3.63, 3.8) is 0 Å². The lowest BCUT2D eigenvalue weighted by Crippen LogP contribution is -2.31. The Morgan fingerprint density at radius 1 is 1.39 bits per heavy atom. The number of benzene rings is 1. The predicted molar refractivity (Wildman–Crippen MR) is 69.7 cm³/mol. The van der Waals surface area contributed by atoms with Crippen LogP contribution in [-0.4, -0.2) is 32.9 Å². The Morgan fingerprint density at radius 3 is 2.56 bits per heavy atom. The fraction of sp³-hybridized carbons (Fsp3) is 0.462. The molecule has 5 nitrogen and oxygen atoms in total. The highest BCUT2D eigenvalue weighted by Crippen LogP contribution is 2.13. The zero-order valence-electron chi connectivity index (χ0n) is 10.8. The van der Waals surface area contributed by atoms with E-state index in [1.165, 1.54) is 7.05 Å². The van der Waals surface area contributed by atoms with Gasteiger partial charge in [0.05, 0.1) is 7.11 Å². The van der Waals surface area contributed by atoms with Crippen molar-refractivity contribution in [1.82, 2.24) is 5.32 Å². The largest absolute Gasteiger partial charge is 0.497 e. The smallest absolute Gasteiger partial charge is 0.407 e. The summed E-state index contributed by atoms with van der Waals surface area (Å²) in [4.78, 5) is 11.1. The minimum absolute atomic E-state index is 0.257. The molecule has 0 radical (unpaired) electrons. The summed E-state index contributed by atoms with van der Waals surface area (Å²) in [6.07, 6.45) is 0.811. The number of carbonyl (C=O) groups excluding carboxylic acids is 1. The van der Waals surface area contributed by atoms with Crippen LogP contribution in [0.25, 0.3) is 0 Å². The van der Waals surface area contributed by atoms with Crippen molar-refractivity contribution in [2.24, 2.45) is 5.73 Å². The van der Waals surface area contributed by atoms with Crippen LogP contribution in [0.15, 0.2) is 24.3 Å². The van der Waals surface area contributed by atoms with Gasteiger partial charge < -0.3 is 20.5 Å². The first-order chi connectivity index (χ1) is 8.69. The summed E-state index contributed by atoms with van der Waals surface area (Å²) in [7, 11) is 3.16. The Kier molecular flexibility index (Phi) is 6.00. The Balaban J connectivity index is 2.43. The zero-order valence-corrected chi connectivity index (χ0v) is 10.8. The number of hydrogen-bond acceptors (Lipinski definition) is 4. The van der Waals surface area contributed by atoms with Gasteiger partial charge in [-0.3, -0.25) is 0 Å². The van der Waals surface area contributed by atoms with Gasteiger partial charge in [0.25, 0.3) is 0 Å². The third-order valence-corrected chi connectivity index (χ3v) is 2.65. The summed E-state index contributed by atoms with van der Waals surface area (Å²) in [6.45, 7) is 0.323. The van der Waals surface area contributed by atoms with E-state index in [2.05, 4.69) is 5.32 Å². The number of nitrogens with two attached hydrogens (primary N) is 1. The van der Waals surface area contributed by atoms with Gasteiger partial charge in [-0.1, -0.05) is 12.1 Å². The average Bonchev–Trinajstić information content (AvgIpc) is 2.43. The number of alkyl carbamates (subject to hydrolysis) is 1. The molecule has 1 aromatic carbocycles. The first-order valence-electron chi connectivity index (χ1n) is 5.91. The van der Waals surface area contributed by atoms with E-state index in [4.69, 9.17) is 15.2 Å². The van der Waals surface area contributed by atoms with Crippen molar-refractivity contribution < 1.29 is 14.3 Å². The standard InChI is InChI=1S/C13H20N2O3/c1-15-13(16)18-12(9-14)8-5-10-3-6-11(17-2)7-4-10/h3-4,6-7,12H,5,8-9,14H2,1-2H3,(H,15,16)/t12-/m0/s1. The van der Waals surface area contributed by atoms with Crippen LogP contribution in [0.4, 0.5) is 4.79 Å². The van der Waals surface area contributed by atoms with Crippen molar-refractivity contribution in [2.45, 2.75) is 18.9 Å². The first kappa shape index (κ1) is 14.3. The number of amides is 1. The van der Waals surface area contributed by atoms with Gasteiger partial charge in [0.1, 0.15) is 11.9 Å². The molecule has 3 N–H and O–H groups in total. The van der Waals surface area contributed by atoms with Gasteiger partial charge in [0.2, 0.25) is 0 Å². The zero-order chi connectivity index (χ0) is 13.4. The van der Waals surface area contributed by atoms with Gasteiger partial charge >= 0.3 is 6.09 Å². The second-order valence-electron chi connectivity index (χ2n) is 3.90. The summed E-state index contributed by atoms with van der Waals surface area (Å²) in [5, 5.41) is 2.41. The van der Waals surface area contributed by atoms with Crippen LogP contribution in [0, 0.1) is 0 Å². The SMILES string of the molecule is CNC(=O)O[C@H](CN)CCc1ccc(OC)cc1. The summed E-state index contributed by atoms with van der Waals surface area (Å²) in [5.74, 6) is 0.829. The molecule has 18 heavy (non-hydrogen) atoms. The maximum Gasteiger partial charge on any atom is 0.407 e. The van der Waals surface area contributed by atoms with Crippen LogP contribution in [0.5, 0.6) is 5.75 Å². The fourth-order valence-corrected chi connectivity index (χ4v) is 1.56. The number of rotatable bonds is 6. The lowest BCUT2D eigenvalue weighted by molar-refractivity contribution is 0.0987. The summed E-state index contributed by atoms with van der Waals surface area (Å²) < 4.78 is 10.2. The van der Waals surface area contributed by atoms with Crippen molar-refractivity contribution in [1.29, 1.82) is 0 Å². The first-order valence-corrected chi connectivity index (χ1v) is 5.91. The van der Waals surface area contributed by atoms with E-state index in [-0.39, 0.29) is 6.10 Å². The van der Waals surface area contributed by atoms with Gasteiger partial charge in [0.15, 0.2) is 0 Å². The highest BCUT2D eigenvalue weighted by Gasteiger charge is 2.11. The van der Waals surface area contributed by atoms with E-state index in [0.29, 0.717) is 13.0 Å². The lowest BCUT2D eigenvalue weighted by Gasteiger charge is -2.15. The third-order valence-electron chi connectivity index (χ3n) is 2.65. The summed E-state index contributed by atoms with van der Waals surface area (Å²) in [6, 6.07) is 7.80. The van der Waals surface area contributed by atoms with Crippen molar-refractivity contribution in [3.8, 4) is 5.75 Å². The van der Waals surface area contributed by atoms with E-state index >= 15 is 0 Å². The molecule has 1 atom stereocenters. The topological polar surface area (TPSA) is 73.6 Å². The number of nitrogens with one attached hydrogen (secondary N) is 1. The van der Waals surface area contributed by atoms with E-state index in [1.807, 2.05) is 24.3 Å². The summed E-state index contributed by atoms with van der Waals surface area (Å²) >= 11 is 0. The second kappa shape index (κ2) is 7.55. The van der Waals surface area contributed by atoms with Crippen molar-refractivity contribution in [3.05, 3.63) is 29.8 Å². The normalized spacial score (nSPS) is 11.7. The van der Waals surface area contributed by atoms with E-state index < -0.39 is 6.09 Å². The van der Waals surface area contributed by atoms with E-state index in [1.54, 1.807) is 7.11 Å². The predicted octanol–water partition coefficient (Wildman–Crippen LogP) is 1.31. The summed E-state index contributed by atoms with van der Waals surface area (Å²) in [5.41, 5.74) is 6.72. The van der Waals surface area contributed by atoms with Crippen molar-refractivity contribution >= 4 is 6.09 Å². The van der Waals surface area contributed by atoms with Crippen LogP contribution < -0.4 is 15.8 Å². The molecule has 0 saturated heterocycles. The molecule has 0 fully saturated rings. The van der Waals surface area contributed by atoms with Crippen LogP contribution in [-0.2, 0) is 11.2 Å². The molecule has 0 unspecified atom stereocenters. The highest BCUT2D eigenvalue weighted by molar-refractivity contribution is 5.66. The highest BCUT2D eigenvalue weighted by atomic mass is 16.6. The molecule has 100 valence electrons. The average molecular weight is 252 g/mol. The molecular formula is C13H20N2O3. The lowest BCUT2D eigenvalue weighted by atomic mass is 10.1. The molecule has 0 aliphatic carbocycles. The number of aryl methyl sites for hydroxylation is 1. The molecule has 0 aliphatic heterocycles. The monoisotopic (exact) mass is 252 g/mol.